The van der Waals surface area contributed by atoms with Gasteiger partial charge >= 0.3 is 0 Å². The van der Waals surface area contributed by atoms with E-state index in [0.29, 0.717) is 16.5 Å². The summed E-state index contributed by atoms with van der Waals surface area (Å²) in [6.45, 7) is 0. The van der Waals surface area contributed by atoms with E-state index in [2.05, 4.69) is 15.2 Å². The number of rotatable bonds is 5. The van der Waals surface area contributed by atoms with Crippen LogP contribution >= 0.6 is 11.8 Å². The summed E-state index contributed by atoms with van der Waals surface area (Å²) in [7, 11) is -3.38. The van der Waals surface area contributed by atoms with Gasteiger partial charge in [0.2, 0.25) is 11.1 Å². The van der Waals surface area contributed by atoms with Gasteiger partial charge in [0.05, 0.1) is 22.3 Å². The number of aromatic nitrogens is 3. The fourth-order valence-electron chi connectivity index (χ4n) is 1.42. The Morgan fingerprint density at radius 2 is 2.05 bits per heavy atom. The Morgan fingerprint density at radius 1 is 1.35 bits per heavy atom. The fraction of sp³-hybridized carbons (Fsp3) is 0.182. The van der Waals surface area contributed by atoms with Crippen molar-refractivity contribution in [2.24, 2.45) is 0 Å². The maximum absolute atomic E-state index is 12.1. The lowest BCUT2D eigenvalue weighted by atomic mass is 10.2. The SMILES string of the molecule is N#Cc1ccc(S(=O)(=O)CCSc2n[nH]c(N)n2)cc1. The highest BCUT2D eigenvalue weighted by molar-refractivity contribution is 8.00. The number of H-pyrrole nitrogens is 1. The van der Waals surface area contributed by atoms with Crippen LogP contribution in [-0.2, 0) is 9.84 Å². The number of thioether (sulfide) groups is 1. The Labute approximate surface area is 120 Å². The van der Waals surface area contributed by atoms with E-state index in [1.165, 1.54) is 36.0 Å². The summed E-state index contributed by atoms with van der Waals surface area (Å²) in [6, 6.07) is 7.77. The van der Waals surface area contributed by atoms with E-state index in [1.807, 2.05) is 6.07 Å². The molecule has 0 saturated carbocycles. The first-order valence-electron chi connectivity index (χ1n) is 5.55. The topological polar surface area (TPSA) is 126 Å². The normalized spacial score (nSPS) is 11.2. The first-order chi connectivity index (χ1) is 9.51. The van der Waals surface area contributed by atoms with Crippen molar-refractivity contribution in [2.75, 3.05) is 17.2 Å². The van der Waals surface area contributed by atoms with Crippen LogP contribution in [0.3, 0.4) is 0 Å². The van der Waals surface area contributed by atoms with Gasteiger partial charge in [-0.2, -0.15) is 10.2 Å². The van der Waals surface area contributed by atoms with Crippen molar-refractivity contribution in [3.63, 3.8) is 0 Å². The van der Waals surface area contributed by atoms with Crippen molar-refractivity contribution in [1.82, 2.24) is 15.2 Å². The van der Waals surface area contributed by atoms with Crippen LogP contribution in [0.2, 0.25) is 0 Å². The van der Waals surface area contributed by atoms with E-state index < -0.39 is 9.84 Å². The van der Waals surface area contributed by atoms with Gasteiger partial charge in [-0.15, -0.1) is 5.10 Å². The van der Waals surface area contributed by atoms with Gasteiger partial charge in [0.15, 0.2) is 9.84 Å². The Hall–Kier alpha value is -2.05. The number of anilines is 1. The number of benzene rings is 1. The summed E-state index contributed by atoms with van der Waals surface area (Å²) in [5.41, 5.74) is 5.79. The van der Waals surface area contributed by atoms with Crippen molar-refractivity contribution in [3.05, 3.63) is 29.8 Å². The van der Waals surface area contributed by atoms with Gasteiger partial charge in [-0.3, -0.25) is 0 Å². The molecule has 0 bridgehead atoms. The molecular weight excluding hydrogens is 298 g/mol. The van der Waals surface area contributed by atoms with Crippen molar-refractivity contribution in [1.29, 1.82) is 5.26 Å². The summed E-state index contributed by atoms with van der Waals surface area (Å²) in [5, 5.41) is 15.4. The molecule has 0 aliphatic carbocycles. The minimum Gasteiger partial charge on any atom is -0.368 e. The quantitative estimate of drug-likeness (QED) is 0.783. The second-order valence-electron chi connectivity index (χ2n) is 3.81. The van der Waals surface area contributed by atoms with Crippen LogP contribution in [0.5, 0.6) is 0 Å². The predicted octanol–water partition coefficient (Wildman–Crippen LogP) is 0.825. The van der Waals surface area contributed by atoms with E-state index in [-0.39, 0.29) is 16.6 Å². The molecule has 7 nitrogen and oxygen atoms in total. The first-order valence-corrected chi connectivity index (χ1v) is 8.18. The maximum Gasteiger partial charge on any atom is 0.216 e. The number of nitriles is 1. The Balaban J connectivity index is 1.98. The second kappa shape index (κ2) is 5.94. The van der Waals surface area contributed by atoms with Crippen molar-refractivity contribution in [3.8, 4) is 6.07 Å². The molecule has 2 aromatic rings. The molecule has 0 fully saturated rings. The standard InChI is InChI=1S/C11H11N5O2S2/c12-7-8-1-3-9(4-2-8)20(17,18)6-5-19-11-14-10(13)15-16-11/h1-4H,5-6H2,(H3,13,14,15,16). The third-order valence-corrected chi connectivity index (χ3v) is 5.25. The zero-order valence-corrected chi connectivity index (χ0v) is 11.9. The number of hydrogen-bond donors (Lipinski definition) is 2. The number of nitrogens with two attached hydrogens (primary N) is 1. The molecule has 0 aliphatic rings. The van der Waals surface area contributed by atoms with Gasteiger partial charge in [0.25, 0.3) is 0 Å². The van der Waals surface area contributed by atoms with Gasteiger partial charge in [-0.05, 0) is 24.3 Å². The fourth-order valence-corrected chi connectivity index (χ4v) is 3.87. The molecule has 9 heteroatoms. The van der Waals surface area contributed by atoms with E-state index in [0.717, 1.165) is 0 Å². The molecule has 0 atom stereocenters. The number of nitrogens with zero attached hydrogens (tertiary/aromatic N) is 3. The Morgan fingerprint density at radius 3 is 2.60 bits per heavy atom. The van der Waals surface area contributed by atoms with E-state index in [1.54, 1.807) is 0 Å². The Bertz CT molecular complexity index is 731. The molecule has 1 heterocycles. The van der Waals surface area contributed by atoms with E-state index in [9.17, 15) is 8.42 Å². The number of hydrogen-bond acceptors (Lipinski definition) is 7. The molecule has 0 aliphatic heterocycles. The molecule has 0 spiro atoms. The molecule has 20 heavy (non-hydrogen) atoms. The number of nitrogen functional groups attached to an aromatic ring is 1. The molecule has 0 amide bonds. The molecule has 2 rings (SSSR count). The second-order valence-corrected chi connectivity index (χ2v) is 6.98. The maximum atomic E-state index is 12.1. The number of sulfone groups is 1. The summed E-state index contributed by atoms with van der Waals surface area (Å²) < 4.78 is 24.1. The van der Waals surface area contributed by atoms with Crippen LogP contribution in [0.15, 0.2) is 34.3 Å². The van der Waals surface area contributed by atoms with E-state index in [4.69, 9.17) is 11.0 Å². The van der Waals surface area contributed by atoms with Crippen LogP contribution in [0.25, 0.3) is 0 Å². The van der Waals surface area contributed by atoms with Gasteiger partial charge in [0, 0.05) is 5.75 Å². The van der Waals surface area contributed by atoms with Gasteiger partial charge in [-0.1, -0.05) is 11.8 Å². The monoisotopic (exact) mass is 309 g/mol. The average molecular weight is 309 g/mol. The molecule has 104 valence electrons. The summed E-state index contributed by atoms with van der Waals surface area (Å²) in [4.78, 5) is 4.07. The molecule has 0 unspecified atom stereocenters. The van der Waals surface area contributed by atoms with E-state index >= 15 is 0 Å². The van der Waals surface area contributed by atoms with Crippen LogP contribution in [-0.4, -0.2) is 35.1 Å². The lowest BCUT2D eigenvalue weighted by Gasteiger charge is -2.03. The van der Waals surface area contributed by atoms with Gasteiger partial charge in [-0.25, -0.2) is 13.5 Å². The molecule has 1 aromatic heterocycles. The third kappa shape index (κ3) is 3.49. The highest BCUT2D eigenvalue weighted by Gasteiger charge is 2.15. The zero-order valence-electron chi connectivity index (χ0n) is 10.3. The average Bonchev–Trinajstić information content (AvgIpc) is 2.84. The molecule has 1 aromatic carbocycles. The minimum absolute atomic E-state index is 0.0436. The van der Waals surface area contributed by atoms with Crippen molar-refractivity contribution < 1.29 is 8.42 Å². The van der Waals surface area contributed by atoms with Gasteiger partial charge < -0.3 is 5.73 Å². The Kier molecular flexibility index (Phi) is 4.26. The van der Waals surface area contributed by atoms with Crippen LogP contribution < -0.4 is 5.73 Å². The lowest BCUT2D eigenvalue weighted by Crippen LogP contribution is -2.09. The molecule has 3 N–H and O–H groups in total. The predicted molar refractivity (Wildman–Crippen MR) is 74.7 cm³/mol. The first kappa shape index (κ1) is 14.4. The molecular formula is C11H11N5O2S2. The van der Waals surface area contributed by atoms with Crippen molar-refractivity contribution in [2.45, 2.75) is 10.1 Å². The minimum atomic E-state index is -3.38. The third-order valence-electron chi connectivity index (χ3n) is 2.41. The zero-order chi connectivity index (χ0) is 14.6. The lowest BCUT2D eigenvalue weighted by molar-refractivity contribution is 0.597. The molecule has 0 radical (unpaired) electrons. The summed E-state index contributed by atoms with van der Waals surface area (Å²) in [6.07, 6.45) is 0. The number of aromatic amines is 1. The van der Waals surface area contributed by atoms with Crippen LogP contribution in [0.4, 0.5) is 5.95 Å². The highest BCUT2D eigenvalue weighted by atomic mass is 32.2. The smallest absolute Gasteiger partial charge is 0.216 e. The molecule has 0 saturated heterocycles. The van der Waals surface area contributed by atoms with Crippen LogP contribution in [0.1, 0.15) is 5.56 Å². The van der Waals surface area contributed by atoms with Crippen LogP contribution in [0, 0.1) is 11.3 Å². The number of nitrogens with one attached hydrogen (secondary N) is 1. The highest BCUT2D eigenvalue weighted by Crippen LogP contribution is 2.17. The largest absolute Gasteiger partial charge is 0.368 e. The summed E-state index contributed by atoms with van der Waals surface area (Å²) >= 11 is 1.21. The van der Waals surface area contributed by atoms with Crippen molar-refractivity contribution >= 4 is 27.5 Å². The summed E-state index contributed by atoms with van der Waals surface area (Å²) in [5.74, 6) is 0.472. The van der Waals surface area contributed by atoms with Gasteiger partial charge in [0.1, 0.15) is 0 Å².